The van der Waals surface area contributed by atoms with Crippen LogP contribution in [0.3, 0.4) is 0 Å². The third-order valence-corrected chi connectivity index (χ3v) is 12.2. The molecule has 0 saturated heterocycles. The van der Waals surface area contributed by atoms with Crippen molar-refractivity contribution in [2.45, 2.75) is 0 Å². The molecule has 238 valence electrons. The summed E-state index contributed by atoms with van der Waals surface area (Å²) in [5.41, 5.74) is 6.87. The molecule has 0 aliphatic rings. The number of hydrogen-bond acceptors (Lipinski definition) is 6. The minimum atomic E-state index is 0.581. The molecule has 0 unspecified atom stereocenters. The number of rotatable bonds is 4. The van der Waals surface area contributed by atoms with Crippen LogP contribution in [0.2, 0.25) is 0 Å². The van der Waals surface area contributed by atoms with Gasteiger partial charge in [-0.25, -0.2) is 15.0 Å². The predicted octanol–water partition coefficient (Wildman–Crippen LogP) is 13.2. The summed E-state index contributed by atoms with van der Waals surface area (Å²) in [5.74, 6) is 1.83. The lowest BCUT2D eigenvalue weighted by atomic mass is 10.00. The number of aromatic nitrogens is 3. The van der Waals surface area contributed by atoms with E-state index < -0.39 is 0 Å². The van der Waals surface area contributed by atoms with Crippen molar-refractivity contribution in [1.82, 2.24) is 15.0 Å². The molecule has 0 fully saturated rings. The second-order valence-corrected chi connectivity index (χ2v) is 14.8. The molecule has 0 aliphatic heterocycles. The van der Waals surface area contributed by atoms with E-state index in [-0.39, 0.29) is 0 Å². The summed E-state index contributed by atoms with van der Waals surface area (Å²) < 4.78 is 11.6. The van der Waals surface area contributed by atoms with Gasteiger partial charge in [-0.2, -0.15) is 0 Å². The van der Waals surface area contributed by atoms with Crippen LogP contribution in [0.25, 0.3) is 108 Å². The van der Waals surface area contributed by atoms with Crippen LogP contribution in [0.4, 0.5) is 0 Å². The van der Waals surface area contributed by atoms with Gasteiger partial charge in [0.2, 0.25) is 0 Å². The Kier molecular flexibility index (Phi) is 6.26. The molecule has 4 nitrogen and oxygen atoms in total. The molecule has 7 aromatic carbocycles. The quantitative estimate of drug-likeness (QED) is 0.185. The zero-order valence-electron chi connectivity index (χ0n) is 27.0. The van der Waals surface area contributed by atoms with E-state index in [4.69, 9.17) is 19.4 Å². The highest BCUT2D eigenvalue weighted by atomic mass is 32.1. The van der Waals surface area contributed by atoms with Crippen molar-refractivity contribution in [3.05, 3.63) is 152 Å². The van der Waals surface area contributed by atoms with Crippen molar-refractivity contribution >= 4 is 85.0 Å². The van der Waals surface area contributed by atoms with Crippen molar-refractivity contribution < 1.29 is 4.42 Å². The molecular weight excluding hydrogens is 663 g/mol. The molecule has 0 bridgehead atoms. The minimum Gasteiger partial charge on any atom is -0.455 e. The van der Waals surface area contributed by atoms with Crippen LogP contribution >= 0.6 is 22.7 Å². The number of nitrogens with zero attached hydrogens (tertiary/aromatic N) is 3. The van der Waals surface area contributed by atoms with Gasteiger partial charge in [0.05, 0.1) is 5.56 Å². The molecule has 0 atom stereocenters. The van der Waals surface area contributed by atoms with Gasteiger partial charge in [-0.15, -0.1) is 22.7 Å². The fourth-order valence-corrected chi connectivity index (χ4v) is 9.82. The fourth-order valence-electron chi connectivity index (χ4n) is 7.37. The van der Waals surface area contributed by atoms with Gasteiger partial charge in [0.15, 0.2) is 17.5 Å². The molecule has 11 rings (SSSR count). The number of para-hydroxylation sites is 2. The van der Waals surface area contributed by atoms with Gasteiger partial charge < -0.3 is 4.42 Å². The molecule has 0 N–H and O–H groups in total. The lowest BCUT2D eigenvalue weighted by molar-refractivity contribution is 0.669. The summed E-state index contributed by atoms with van der Waals surface area (Å²) in [4.78, 5) is 15.2. The topological polar surface area (TPSA) is 51.8 Å². The smallest absolute Gasteiger partial charge is 0.167 e. The fraction of sp³-hybridized carbons (Fsp3) is 0. The van der Waals surface area contributed by atoms with Crippen molar-refractivity contribution in [2.24, 2.45) is 0 Å². The highest BCUT2D eigenvalue weighted by Crippen LogP contribution is 2.46. The molecule has 51 heavy (non-hydrogen) atoms. The maximum Gasteiger partial charge on any atom is 0.167 e. The molecule has 0 spiro atoms. The second-order valence-electron chi connectivity index (χ2n) is 12.7. The molecular formula is C45H25N3OS2. The van der Waals surface area contributed by atoms with Crippen LogP contribution in [0.15, 0.2) is 156 Å². The van der Waals surface area contributed by atoms with E-state index in [0.29, 0.717) is 17.5 Å². The molecule has 0 amide bonds. The van der Waals surface area contributed by atoms with Crippen molar-refractivity contribution in [1.29, 1.82) is 0 Å². The zero-order valence-corrected chi connectivity index (χ0v) is 28.6. The minimum absolute atomic E-state index is 0.581. The first-order valence-corrected chi connectivity index (χ1v) is 18.5. The van der Waals surface area contributed by atoms with Gasteiger partial charge in [0.1, 0.15) is 11.2 Å². The van der Waals surface area contributed by atoms with Crippen LogP contribution in [-0.2, 0) is 0 Å². The van der Waals surface area contributed by atoms with Gasteiger partial charge in [-0.3, -0.25) is 0 Å². The zero-order chi connectivity index (χ0) is 33.5. The maximum atomic E-state index is 6.42. The summed E-state index contributed by atoms with van der Waals surface area (Å²) in [6.07, 6.45) is 0. The normalized spacial score (nSPS) is 11.9. The SMILES string of the molecule is c1ccc(-c2nc(-c3ccc4sc5c(-c6cccc7c6sc6ccccc67)cccc5c4c3)nc(-c3cccc4c3oc3ccccc34)n2)cc1. The monoisotopic (exact) mass is 687 g/mol. The molecule has 11 aromatic rings. The van der Waals surface area contributed by atoms with E-state index in [9.17, 15) is 0 Å². The number of fused-ring (bicyclic) bond motifs is 9. The lowest BCUT2D eigenvalue weighted by Crippen LogP contribution is -2.00. The average Bonchev–Trinajstić information content (AvgIpc) is 3.89. The van der Waals surface area contributed by atoms with E-state index in [1.54, 1.807) is 0 Å². The third kappa shape index (κ3) is 4.47. The van der Waals surface area contributed by atoms with E-state index in [1.165, 1.54) is 51.5 Å². The van der Waals surface area contributed by atoms with Crippen molar-refractivity contribution in [2.75, 3.05) is 0 Å². The standard InChI is InChI=1S/C45H25N3OS2/c1-2-11-26(12-3-1)43-46-44(48-45(47-43)35-20-8-15-30-28-13-4-6-21-37(28)49-40(30)35)27-23-24-39-36(25-27)34-19-10-18-33(42(34)51-39)32-17-9-16-31-29-14-5-7-22-38(29)50-41(31)32/h1-25H. The van der Waals surface area contributed by atoms with Gasteiger partial charge in [0.25, 0.3) is 0 Å². The van der Waals surface area contributed by atoms with E-state index in [1.807, 2.05) is 83.3 Å². The van der Waals surface area contributed by atoms with Gasteiger partial charge in [-0.05, 0) is 36.4 Å². The number of thiophene rings is 2. The Morgan fingerprint density at radius 1 is 0.373 bits per heavy atom. The predicted molar refractivity (Wildman–Crippen MR) is 215 cm³/mol. The van der Waals surface area contributed by atoms with E-state index >= 15 is 0 Å². The second kappa shape index (κ2) is 11.2. The van der Waals surface area contributed by atoms with Crippen LogP contribution in [-0.4, -0.2) is 15.0 Å². The number of benzene rings is 7. The molecule has 0 aliphatic carbocycles. The highest BCUT2D eigenvalue weighted by molar-refractivity contribution is 7.27. The number of furan rings is 1. The van der Waals surface area contributed by atoms with Crippen molar-refractivity contribution in [3.63, 3.8) is 0 Å². The summed E-state index contributed by atoms with van der Waals surface area (Å²) >= 11 is 3.72. The molecule has 4 heterocycles. The highest BCUT2D eigenvalue weighted by Gasteiger charge is 2.19. The maximum absolute atomic E-state index is 6.42. The first-order chi connectivity index (χ1) is 25.3. The Bertz CT molecular complexity index is 3160. The molecule has 0 radical (unpaired) electrons. The first-order valence-electron chi connectivity index (χ1n) is 16.9. The van der Waals surface area contributed by atoms with Crippen LogP contribution < -0.4 is 0 Å². The Morgan fingerprint density at radius 2 is 0.941 bits per heavy atom. The van der Waals surface area contributed by atoms with Gasteiger partial charge in [0, 0.05) is 73.4 Å². The first kappa shape index (κ1) is 28.6. The Labute approximate surface area is 299 Å². The lowest BCUT2D eigenvalue weighted by Gasteiger charge is -2.09. The summed E-state index contributed by atoms with van der Waals surface area (Å²) in [7, 11) is 0. The van der Waals surface area contributed by atoms with Crippen LogP contribution in [0.1, 0.15) is 0 Å². The van der Waals surface area contributed by atoms with Gasteiger partial charge in [-0.1, -0.05) is 115 Å². The molecule has 0 saturated carbocycles. The number of hydrogen-bond donors (Lipinski definition) is 0. The van der Waals surface area contributed by atoms with Gasteiger partial charge >= 0.3 is 0 Å². The Hall–Kier alpha value is -6.21. The molecule has 6 heteroatoms. The third-order valence-electron chi connectivity index (χ3n) is 9.76. The molecule has 4 aromatic heterocycles. The Balaban J connectivity index is 1.11. The van der Waals surface area contributed by atoms with Crippen molar-refractivity contribution in [3.8, 4) is 45.3 Å². The summed E-state index contributed by atoms with van der Waals surface area (Å²) in [6.45, 7) is 0. The average molecular weight is 688 g/mol. The van der Waals surface area contributed by atoms with E-state index in [2.05, 4.69) is 91.0 Å². The van der Waals surface area contributed by atoms with Crippen LogP contribution in [0, 0.1) is 0 Å². The summed E-state index contributed by atoms with van der Waals surface area (Å²) in [6, 6.07) is 53.1. The largest absolute Gasteiger partial charge is 0.455 e. The van der Waals surface area contributed by atoms with Crippen LogP contribution in [0.5, 0.6) is 0 Å². The Morgan fingerprint density at radius 3 is 1.73 bits per heavy atom. The van der Waals surface area contributed by atoms with E-state index in [0.717, 1.165) is 38.6 Å². The summed E-state index contributed by atoms with van der Waals surface area (Å²) in [5, 5.41) is 7.17.